The molecule has 0 aromatic heterocycles. The van der Waals surface area contributed by atoms with Crippen molar-refractivity contribution in [1.82, 2.24) is 0 Å². The molecule has 0 bridgehead atoms. The Hall–Kier alpha value is -1.51. The van der Waals surface area contributed by atoms with Crippen molar-refractivity contribution in [2.75, 3.05) is 23.3 Å². The first kappa shape index (κ1) is 12.5. The van der Waals surface area contributed by atoms with Gasteiger partial charge in [-0.25, -0.2) is 0 Å². The minimum atomic E-state index is 0.197. The van der Waals surface area contributed by atoms with E-state index in [0.29, 0.717) is 0 Å². The van der Waals surface area contributed by atoms with E-state index in [2.05, 4.69) is 22.3 Å². The number of para-hydroxylation sites is 2. The van der Waals surface area contributed by atoms with Crippen LogP contribution in [-0.2, 0) is 4.79 Å². The van der Waals surface area contributed by atoms with Gasteiger partial charge in [0.15, 0.2) is 0 Å². The number of benzene rings is 1. The first-order valence-corrected chi connectivity index (χ1v) is 7.49. The minimum Gasteiger partial charge on any atom is -0.370 e. The highest BCUT2D eigenvalue weighted by Gasteiger charge is 2.30. The Morgan fingerprint density at radius 2 is 1.74 bits per heavy atom. The molecule has 1 aliphatic carbocycles. The highest BCUT2D eigenvalue weighted by atomic mass is 16.2. The molecule has 19 heavy (non-hydrogen) atoms. The van der Waals surface area contributed by atoms with Gasteiger partial charge < -0.3 is 10.2 Å². The summed E-state index contributed by atoms with van der Waals surface area (Å²) in [6.45, 7) is 2.21. The standard InChI is InChI=1S/C16H22N2O/c19-16(13-9-10-13)17-14-7-3-4-8-15(14)18-11-5-1-2-6-12-18/h3-4,7-8,13H,1-2,5-6,9-12H2,(H,17,19). The number of amides is 1. The second kappa shape index (κ2) is 5.64. The lowest BCUT2D eigenvalue weighted by molar-refractivity contribution is -0.117. The van der Waals surface area contributed by atoms with E-state index in [1.54, 1.807) is 0 Å². The molecule has 0 unspecified atom stereocenters. The lowest BCUT2D eigenvalue weighted by Gasteiger charge is -2.25. The highest BCUT2D eigenvalue weighted by molar-refractivity contribution is 5.97. The van der Waals surface area contributed by atoms with Crippen LogP contribution in [-0.4, -0.2) is 19.0 Å². The number of nitrogens with one attached hydrogen (secondary N) is 1. The van der Waals surface area contributed by atoms with Crippen LogP contribution in [0.4, 0.5) is 11.4 Å². The van der Waals surface area contributed by atoms with E-state index in [0.717, 1.165) is 31.6 Å². The summed E-state index contributed by atoms with van der Waals surface area (Å²) in [5.41, 5.74) is 2.18. The van der Waals surface area contributed by atoms with Crippen molar-refractivity contribution in [2.24, 2.45) is 5.92 Å². The van der Waals surface area contributed by atoms with Crippen molar-refractivity contribution in [3.8, 4) is 0 Å². The van der Waals surface area contributed by atoms with E-state index in [1.807, 2.05) is 12.1 Å². The number of rotatable bonds is 3. The quantitative estimate of drug-likeness (QED) is 0.901. The van der Waals surface area contributed by atoms with Crippen LogP contribution in [0.1, 0.15) is 38.5 Å². The molecule has 1 heterocycles. The Kier molecular flexibility index (Phi) is 3.72. The minimum absolute atomic E-state index is 0.197. The lowest BCUT2D eigenvalue weighted by atomic mass is 10.2. The summed E-state index contributed by atoms with van der Waals surface area (Å²) in [6, 6.07) is 8.23. The largest absolute Gasteiger partial charge is 0.370 e. The maximum atomic E-state index is 11.9. The maximum absolute atomic E-state index is 11.9. The molecule has 1 amide bonds. The summed E-state index contributed by atoms with van der Waals surface area (Å²) in [6.07, 6.45) is 7.27. The molecule has 0 spiro atoms. The van der Waals surface area contributed by atoms with E-state index in [-0.39, 0.29) is 11.8 Å². The van der Waals surface area contributed by atoms with Gasteiger partial charge in [-0.2, -0.15) is 0 Å². The molecule has 1 saturated heterocycles. The van der Waals surface area contributed by atoms with Crippen LogP contribution in [0.5, 0.6) is 0 Å². The maximum Gasteiger partial charge on any atom is 0.227 e. The molecule has 1 aromatic rings. The third-order valence-electron chi connectivity index (χ3n) is 4.06. The fourth-order valence-corrected chi connectivity index (χ4v) is 2.75. The summed E-state index contributed by atoms with van der Waals surface area (Å²) in [4.78, 5) is 14.4. The molecule has 1 saturated carbocycles. The van der Waals surface area contributed by atoms with E-state index in [1.165, 1.54) is 31.4 Å². The van der Waals surface area contributed by atoms with Gasteiger partial charge in [0.25, 0.3) is 0 Å². The summed E-state index contributed by atoms with van der Waals surface area (Å²) in [5.74, 6) is 0.458. The van der Waals surface area contributed by atoms with Gasteiger partial charge >= 0.3 is 0 Å². The third-order valence-corrected chi connectivity index (χ3v) is 4.06. The Morgan fingerprint density at radius 3 is 2.42 bits per heavy atom. The first-order valence-electron chi connectivity index (χ1n) is 7.49. The molecule has 1 aliphatic heterocycles. The zero-order chi connectivity index (χ0) is 13.1. The Labute approximate surface area is 115 Å². The second-order valence-corrected chi connectivity index (χ2v) is 5.68. The third kappa shape index (κ3) is 3.09. The zero-order valence-corrected chi connectivity index (χ0v) is 11.4. The van der Waals surface area contributed by atoms with Crippen LogP contribution in [0.15, 0.2) is 24.3 Å². The smallest absolute Gasteiger partial charge is 0.227 e. The summed E-state index contributed by atoms with van der Waals surface area (Å²) < 4.78 is 0. The number of hydrogen-bond acceptors (Lipinski definition) is 2. The van der Waals surface area contributed by atoms with Gasteiger partial charge in [-0.05, 0) is 37.8 Å². The number of anilines is 2. The monoisotopic (exact) mass is 258 g/mol. The SMILES string of the molecule is O=C(Nc1ccccc1N1CCCCCC1)C1CC1. The fourth-order valence-electron chi connectivity index (χ4n) is 2.75. The molecular formula is C16H22N2O. The average molecular weight is 258 g/mol. The van der Waals surface area contributed by atoms with Gasteiger partial charge in [-0.15, -0.1) is 0 Å². The van der Waals surface area contributed by atoms with Gasteiger partial charge in [-0.1, -0.05) is 25.0 Å². The number of carbonyl (C=O) groups is 1. The van der Waals surface area contributed by atoms with Crippen LogP contribution >= 0.6 is 0 Å². The predicted octanol–water partition coefficient (Wildman–Crippen LogP) is 3.42. The van der Waals surface area contributed by atoms with Crippen molar-refractivity contribution in [2.45, 2.75) is 38.5 Å². The molecular weight excluding hydrogens is 236 g/mol. The number of hydrogen-bond donors (Lipinski definition) is 1. The Morgan fingerprint density at radius 1 is 1.05 bits per heavy atom. The van der Waals surface area contributed by atoms with Crippen molar-refractivity contribution < 1.29 is 4.79 Å². The van der Waals surface area contributed by atoms with Crippen LogP contribution in [0.25, 0.3) is 0 Å². The molecule has 2 fully saturated rings. The summed E-state index contributed by atoms with van der Waals surface area (Å²) in [7, 11) is 0. The zero-order valence-electron chi connectivity index (χ0n) is 11.4. The van der Waals surface area contributed by atoms with Crippen molar-refractivity contribution in [1.29, 1.82) is 0 Å². The molecule has 102 valence electrons. The molecule has 3 rings (SSSR count). The molecule has 1 N–H and O–H groups in total. The molecule has 0 atom stereocenters. The van der Waals surface area contributed by atoms with Crippen molar-refractivity contribution in [3.05, 3.63) is 24.3 Å². The first-order chi connectivity index (χ1) is 9.34. The number of carbonyl (C=O) groups excluding carboxylic acids is 1. The Balaban J connectivity index is 1.77. The highest BCUT2D eigenvalue weighted by Crippen LogP contribution is 2.33. The van der Waals surface area contributed by atoms with Crippen molar-refractivity contribution in [3.63, 3.8) is 0 Å². The topological polar surface area (TPSA) is 32.3 Å². The molecule has 3 nitrogen and oxygen atoms in total. The van der Waals surface area contributed by atoms with Gasteiger partial charge in [0.05, 0.1) is 11.4 Å². The predicted molar refractivity (Wildman–Crippen MR) is 78.5 cm³/mol. The van der Waals surface area contributed by atoms with E-state index in [9.17, 15) is 4.79 Å². The van der Waals surface area contributed by atoms with Crippen LogP contribution in [0, 0.1) is 5.92 Å². The molecule has 0 radical (unpaired) electrons. The van der Waals surface area contributed by atoms with Gasteiger partial charge in [0, 0.05) is 19.0 Å². The van der Waals surface area contributed by atoms with Gasteiger partial charge in [0.1, 0.15) is 0 Å². The second-order valence-electron chi connectivity index (χ2n) is 5.68. The van der Waals surface area contributed by atoms with Gasteiger partial charge in [0.2, 0.25) is 5.91 Å². The van der Waals surface area contributed by atoms with Crippen molar-refractivity contribution >= 4 is 17.3 Å². The van der Waals surface area contributed by atoms with Crippen LogP contribution in [0.2, 0.25) is 0 Å². The summed E-state index contributed by atoms with van der Waals surface area (Å²) in [5, 5.41) is 3.11. The average Bonchev–Trinajstić information content (AvgIpc) is 3.26. The lowest BCUT2D eigenvalue weighted by Crippen LogP contribution is -2.26. The van der Waals surface area contributed by atoms with Gasteiger partial charge in [-0.3, -0.25) is 4.79 Å². The van der Waals surface area contributed by atoms with Crippen LogP contribution < -0.4 is 10.2 Å². The normalized spacial score (nSPS) is 19.9. The van der Waals surface area contributed by atoms with Crippen LogP contribution in [0.3, 0.4) is 0 Å². The fraction of sp³-hybridized carbons (Fsp3) is 0.562. The Bertz CT molecular complexity index is 446. The molecule has 2 aliphatic rings. The van der Waals surface area contributed by atoms with E-state index >= 15 is 0 Å². The molecule has 3 heteroatoms. The number of nitrogens with zero attached hydrogens (tertiary/aromatic N) is 1. The van der Waals surface area contributed by atoms with E-state index in [4.69, 9.17) is 0 Å². The van der Waals surface area contributed by atoms with E-state index < -0.39 is 0 Å². The summed E-state index contributed by atoms with van der Waals surface area (Å²) >= 11 is 0. The molecule has 1 aromatic carbocycles.